The summed E-state index contributed by atoms with van der Waals surface area (Å²) >= 11 is 4.86. The van der Waals surface area contributed by atoms with E-state index in [-0.39, 0.29) is 69.4 Å². The van der Waals surface area contributed by atoms with Crippen LogP contribution in [0.2, 0.25) is 0 Å². The first-order chi connectivity index (χ1) is 6.56. The minimum absolute atomic E-state index is 0. The van der Waals surface area contributed by atoms with Crippen molar-refractivity contribution in [3.8, 4) is 0 Å². The number of amides is 1. The van der Waals surface area contributed by atoms with E-state index in [9.17, 15) is 14.9 Å². The van der Waals surface area contributed by atoms with E-state index in [2.05, 4.69) is 5.32 Å². The van der Waals surface area contributed by atoms with Crippen LogP contribution in [0.15, 0.2) is 23.1 Å². The predicted molar refractivity (Wildman–Crippen MR) is 52.1 cm³/mol. The molecule has 0 saturated carbocycles. The summed E-state index contributed by atoms with van der Waals surface area (Å²) in [6.45, 7) is 0. The van der Waals surface area contributed by atoms with E-state index in [4.69, 9.17) is 12.6 Å². The molecule has 15 heavy (non-hydrogen) atoms. The summed E-state index contributed by atoms with van der Waals surface area (Å²) in [6.07, 6.45) is 0. The molecule has 0 bridgehead atoms. The fourth-order valence-corrected chi connectivity index (χ4v) is 1.16. The second-order valence-corrected chi connectivity index (χ2v) is 2.96. The second kappa shape index (κ2) is 6.64. The molecule has 74 valence electrons. The van der Waals surface area contributed by atoms with E-state index in [0.29, 0.717) is 4.90 Å². The molecule has 0 saturated heterocycles. The van der Waals surface area contributed by atoms with Gasteiger partial charge in [-0.2, -0.15) is 4.90 Å². The fraction of sp³-hybridized carbons (Fsp3) is 0.125. The molecule has 0 aliphatic rings. The number of non-ortho nitro benzene ring substituents is 1. The van der Waals surface area contributed by atoms with Crippen molar-refractivity contribution in [3.05, 3.63) is 33.9 Å². The third-order valence-corrected chi connectivity index (χ3v) is 2.00. The van der Waals surface area contributed by atoms with E-state index >= 15 is 0 Å². The smallest absolute Gasteiger partial charge is 0.779 e. The molecule has 1 rings (SSSR count). The van der Waals surface area contributed by atoms with Crippen LogP contribution in [0.1, 0.15) is 10.4 Å². The maximum absolute atomic E-state index is 11.2. The molecule has 0 aromatic heterocycles. The molecule has 1 aromatic rings. The van der Waals surface area contributed by atoms with Gasteiger partial charge in [0, 0.05) is 24.7 Å². The molecule has 0 radical (unpaired) electrons. The van der Waals surface area contributed by atoms with Gasteiger partial charge in [0.05, 0.1) is 4.92 Å². The topological polar surface area (TPSA) is 72.2 Å². The van der Waals surface area contributed by atoms with Crippen molar-refractivity contribution in [2.75, 3.05) is 7.05 Å². The Kier molecular flexibility index (Phi) is 6.70. The molecule has 0 spiro atoms. The van der Waals surface area contributed by atoms with Gasteiger partial charge in [0.25, 0.3) is 5.69 Å². The van der Waals surface area contributed by atoms with Crippen molar-refractivity contribution in [3.63, 3.8) is 0 Å². The van der Waals surface area contributed by atoms with Gasteiger partial charge in [-0.15, -0.1) is 0 Å². The number of nitrogens with zero attached hydrogens (tertiary/aromatic N) is 1. The minimum Gasteiger partial charge on any atom is -0.779 e. The Labute approximate surface area is 141 Å². The number of nitro benzene ring substituents is 1. The van der Waals surface area contributed by atoms with Gasteiger partial charge in [-0.1, -0.05) is 6.07 Å². The van der Waals surface area contributed by atoms with Crippen LogP contribution < -0.4 is 63.5 Å². The predicted octanol–water partition coefficient (Wildman–Crippen LogP) is -2.14. The van der Waals surface area contributed by atoms with Gasteiger partial charge >= 0.3 is 58.2 Å². The van der Waals surface area contributed by atoms with Crippen molar-refractivity contribution in [1.82, 2.24) is 5.32 Å². The number of carbonyl (C=O) groups excluding carboxylic acids is 1. The number of nitrogens with one attached hydrogen (secondary N) is 1. The van der Waals surface area contributed by atoms with E-state index in [1.165, 1.54) is 25.2 Å². The molecule has 1 N–H and O–H groups in total. The molecule has 0 unspecified atom stereocenters. The normalized spacial score (nSPS) is 8.87. The summed E-state index contributed by atoms with van der Waals surface area (Å²) in [7, 11) is 1.44. The minimum atomic E-state index is -0.568. The molecule has 1 aromatic carbocycles. The Morgan fingerprint density at radius 2 is 2.13 bits per heavy atom. The van der Waals surface area contributed by atoms with Gasteiger partial charge in [0.2, 0.25) is 5.91 Å². The summed E-state index contributed by atoms with van der Waals surface area (Å²) in [6, 6.07) is 3.81. The number of hydrogen-bond donors (Lipinski definition) is 1. The van der Waals surface area contributed by atoms with Crippen molar-refractivity contribution in [2.45, 2.75) is 4.90 Å². The van der Waals surface area contributed by atoms with E-state index in [1.807, 2.05) is 0 Å². The van der Waals surface area contributed by atoms with Crippen molar-refractivity contribution in [2.24, 2.45) is 0 Å². The first kappa shape index (κ1) is 15.1. The van der Waals surface area contributed by atoms with Crippen molar-refractivity contribution >= 4 is 24.2 Å². The third-order valence-electron chi connectivity index (χ3n) is 1.65. The van der Waals surface area contributed by atoms with Crippen LogP contribution in [-0.4, -0.2) is 17.9 Å². The van der Waals surface area contributed by atoms with Gasteiger partial charge in [-0.25, -0.2) is 0 Å². The number of hydrogen-bond acceptors (Lipinski definition) is 4. The fourth-order valence-electron chi connectivity index (χ4n) is 0.944. The number of rotatable bonds is 2. The molecule has 0 heterocycles. The standard InChI is InChI=1S/C8H8N2O3S.Rb/c1-9-8(11)6-4-5(10(12)13)2-3-7(6)14;/h2-4,14H,1H3,(H,9,11);/q;+1/p-1. The summed E-state index contributed by atoms with van der Waals surface area (Å²) < 4.78 is 0. The van der Waals surface area contributed by atoms with Crippen molar-refractivity contribution < 1.29 is 67.9 Å². The van der Waals surface area contributed by atoms with E-state index in [1.54, 1.807) is 0 Å². The Bertz CT molecular complexity index is 397. The maximum atomic E-state index is 11.2. The first-order valence-electron chi connectivity index (χ1n) is 3.74. The van der Waals surface area contributed by atoms with Crippen LogP contribution >= 0.6 is 0 Å². The SMILES string of the molecule is CNC(=O)c1cc([N+](=O)[O-])ccc1[S-].[Rb+]. The molecule has 0 aliphatic carbocycles. The van der Waals surface area contributed by atoms with E-state index in [0.717, 1.165) is 0 Å². The quantitative estimate of drug-likeness (QED) is 0.384. The monoisotopic (exact) mass is 296 g/mol. The average Bonchev–Trinajstić information content (AvgIpc) is 2.17. The molecule has 5 nitrogen and oxygen atoms in total. The van der Waals surface area contributed by atoms with Crippen LogP contribution in [0, 0.1) is 10.1 Å². The van der Waals surface area contributed by atoms with Crippen LogP contribution in [0.4, 0.5) is 5.69 Å². The molecular formula is C8H7N2O3RbS. The zero-order valence-electron chi connectivity index (χ0n) is 8.31. The molecule has 0 atom stereocenters. The van der Waals surface area contributed by atoms with Gasteiger partial charge in [0.1, 0.15) is 0 Å². The van der Waals surface area contributed by atoms with Gasteiger partial charge < -0.3 is 17.9 Å². The number of benzene rings is 1. The van der Waals surface area contributed by atoms with Crippen LogP contribution in [0.3, 0.4) is 0 Å². The summed E-state index contributed by atoms with van der Waals surface area (Å²) in [5, 5.41) is 12.8. The molecule has 7 heteroatoms. The molecule has 0 aliphatic heterocycles. The summed E-state index contributed by atoms with van der Waals surface area (Å²) in [4.78, 5) is 21.4. The molecular weight excluding hydrogens is 290 g/mol. The van der Waals surface area contributed by atoms with Crippen LogP contribution in [0.5, 0.6) is 0 Å². The number of carbonyl (C=O) groups is 1. The summed E-state index contributed by atoms with van der Waals surface area (Å²) in [5.74, 6) is -0.418. The number of nitro groups is 1. The van der Waals surface area contributed by atoms with Gasteiger partial charge in [-0.05, 0) is 0 Å². The maximum Gasteiger partial charge on any atom is 1.00 e. The zero-order valence-corrected chi connectivity index (χ0v) is 14.0. The van der Waals surface area contributed by atoms with E-state index < -0.39 is 10.8 Å². The Morgan fingerprint density at radius 1 is 1.53 bits per heavy atom. The third kappa shape index (κ3) is 3.88. The van der Waals surface area contributed by atoms with Crippen LogP contribution in [-0.2, 0) is 12.6 Å². The average molecular weight is 297 g/mol. The largest absolute Gasteiger partial charge is 1.00 e. The van der Waals surface area contributed by atoms with Crippen molar-refractivity contribution in [1.29, 1.82) is 0 Å². The Hall–Kier alpha value is 0.115. The molecule has 1 amide bonds. The first-order valence-corrected chi connectivity index (χ1v) is 4.14. The van der Waals surface area contributed by atoms with Gasteiger partial charge in [0.15, 0.2) is 0 Å². The molecule has 0 fully saturated rings. The Morgan fingerprint density at radius 3 is 2.60 bits per heavy atom. The second-order valence-electron chi connectivity index (χ2n) is 2.52. The summed E-state index contributed by atoms with van der Waals surface area (Å²) in [5.41, 5.74) is 0.00824. The Balaban J connectivity index is 0.00000196. The zero-order chi connectivity index (χ0) is 10.7. The van der Waals surface area contributed by atoms with Gasteiger partial charge in [-0.3, -0.25) is 14.9 Å². The van der Waals surface area contributed by atoms with Crippen LogP contribution in [0.25, 0.3) is 0 Å².